The van der Waals surface area contributed by atoms with Crippen LogP contribution in [0.25, 0.3) is 0 Å². The van der Waals surface area contributed by atoms with Gasteiger partial charge in [-0.2, -0.15) is 0 Å². The van der Waals surface area contributed by atoms with Gasteiger partial charge in [-0.15, -0.1) is 0 Å². The summed E-state index contributed by atoms with van der Waals surface area (Å²) >= 11 is 0. The molecular formula is C64H124O17P2. The summed E-state index contributed by atoms with van der Waals surface area (Å²) in [6.45, 7) is 7.11. The number of phosphoric acid groups is 2. The lowest BCUT2D eigenvalue weighted by Crippen LogP contribution is -2.30. The van der Waals surface area contributed by atoms with Crippen molar-refractivity contribution in [2.45, 2.75) is 342 Å². The van der Waals surface area contributed by atoms with E-state index in [-0.39, 0.29) is 25.7 Å². The van der Waals surface area contributed by atoms with Gasteiger partial charge < -0.3 is 33.8 Å². The van der Waals surface area contributed by atoms with E-state index in [0.717, 1.165) is 102 Å². The highest BCUT2D eigenvalue weighted by Crippen LogP contribution is 2.45. The maximum Gasteiger partial charge on any atom is 0.472 e. The van der Waals surface area contributed by atoms with Crippen LogP contribution in [0.2, 0.25) is 0 Å². The summed E-state index contributed by atoms with van der Waals surface area (Å²) in [7, 11) is -9.87. The van der Waals surface area contributed by atoms with Crippen LogP contribution in [-0.4, -0.2) is 96.7 Å². The molecule has 83 heavy (non-hydrogen) atoms. The van der Waals surface area contributed by atoms with E-state index in [1.54, 1.807) is 0 Å². The topological polar surface area (TPSA) is 237 Å². The number of rotatable bonds is 64. The van der Waals surface area contributed by atoms with Crippen LogP contribution < -0.4 is 0 Å². The fourth-order valence-electron chi connectivity index (χ4n) is 9.58. The Balaban J connectivity index is 5.10. The van der Waals surface area contributed by atoms with Gasteiger partial charge in [0.05, 0.1) is 26.4 Å². The molecule has 5 atom stereocenters. The van der Waals surface area contributed by atoms with Crippen molar-refractivity contribution in [3.05, 3.63) is 0 Å². The van der Waals surface area contributed by atoms with Gasteiger partial charge in [0.1, 0.15) is 19.3 Å². The van der Waals surface area contributed by atoms with Gasteiger partial charge in [-0.05, 0) is 31.6 Å². The van der Waals surface area contributed by atoms with Gasteiger partial charge in [0.25, 0.3) is 0 Å². The van der Waals surface area contributed by atoms with Crippen LogP contribution in [0.3, 0.4) is 0 Å². The van der Waals surface area contributed by atoms with Crippen LogP contribution in [0.1, 0.15) is 324 Å². The van der Waals surface area contributed by atoms with E-state index in [2.05, 4.69) is 34.6 Å². The summed E-state index contributed by atoms with van der Waals surface area (Å²) in [5.74, 6) is -1.34. The Morgan fingerprint density at radius 2 is 0.554 bits per heavy atom. The second-order valence-electron chi connectivity index (χ2n) is 23.6. The van der Waals surface area contributed by atoms with Crippen LogP contribution in [-0.2, 0) is 65.4 Å². The van der Waals surface area contributed by atoms with E-state index in [1.165, 1.54) is 141 Å². The van der Waals surface area contributed by atoms with E-state index in [9.17, 15) is 43.2 Å². The molecule has 0 rings (SSSR count). The number of phosphoric ester groups is 2. The number of hydrogen-bond acceptors (Lipinski definition) is 15. The number of carbonyl (C=O) groups excluding carboxylic acids is 4. The van der Waals surface area contributed by atoms with E-state index in [1.807, 2.05) is 0 Å². The minimum Gasteiger partial charge on any atom is -0.462 e. The SMILES string of the molecule is CCCCCCCCCCCCC(=O)OC[C@H](COP(=O)(O)OC[C@@H](O)COP(=O)(O)OC[C@@H](COC(=O)CCCCCCC)OC(=O)CCCCCCCCCCC)OC(=O)CCCCCCCCCCCCCCCCCCC(C)C. The molecule has 0 saturated heterocycles. The Morgan fingerprint density at radius 3 is 0.819 bits per heavy atom. The quantitative estimate of drug-likeness (QED) is 0.0222. The Morgan fingerprint density at radius 1 is 0.325 bits per heavy atom. The van der Waals surface area contributed by atoms with Crippen LogP contribution in [0.5, 0.6) is 0 Å². The standard InChI is InChI=1S/C64H124O17P2/c1-6-9-12-15-17-19-30-33-38-43-48-62(67)75-54-60(81-64(69)50-45-40-35-31-27-25-23-21-20-22-24-26-29-32-37-41-46-57(4)5)56-79-83(72,73)77-52-58(65)51-76-82(70,71)78-55-59(53-74-61(66)47-42-36-14-11-8-3)80-63(68)49-44-39-34-28-18-16-13-10-7-2/h57-60,65H,6-56H2,1-5H3,(H,70,71)(H,72,73)/t58-,59+,60+/m0/s1. The Labute approximate surface area is 505 Å². The Hall–Kier alpha value is -1.94. The highest BCUT2D eigenvalue weighted by atomic mass is 31.2. The first-order valence-corrected chi connectivity index (χ1v) is 36.6. The van der Waals surface area contributed by atoms with Crippen LogP contribution in [0.4, 0.5) is 0 Å². The van der Waals surface area contributed by atoms with Crippen molar-refractivity contribution in [2.75, 3.05) is 39.6 Å². The molecule has 17 nitrogen and oxygen atoms in total. The summed E-state index contributed by atoms with van der Waals surface area (Å²) in [6, 6.07) is 0. The highest BCUT2D eigenvalue weighted by molar-refractivity contribution is 7.47. The lowest BCUT2D eigenvalue weighted by molar-refractivity contribution is -0.161. The summed E-state index contributed by atoms with van der Waals surface area (Å²) in [5.41, 5.74) is 0. The predicted molar refractivity (Wildman–Crippen MR) is 331 cm³/mol. The average molecular weight is 1230 g/mol. The van der Waals surface area contributed by atoms with Gasteiger partial charge >= 0.3 is 39.5 Å². The van der Waals surface area contributed by atoms with Crippen molar-refractivity contribution < 1.29 is 80.2 Å². The minimum absolute atomic E-state index is 0.105. The van der Waals surface area contributed by atoms with Crippen LogP contribution in [0.15, 0.2) is 0 Å². The molecule has 2 unspecified atom stereocenters. The largest absolute Gasteiger partial charge is 0.472 e. The number of aliphatic hydroxyl groups is 1. The first-order chi connectivity index (χ1) is 40.0. The Kier molecular flexibility index (Phi) is 56.4. The smallest absolute Gasteiger partial charge is 0.462 e. The maximum absolute atomic E-state index is 13.0. The van der Waals surface area contributed by atoms with Gasteiger partial charge in [-0.3, -0.25) is 37.3 Å². The fraction of sp³-hybridized carbons (Fsp3) is 0.938. The third-order valence-corrected chi connectivity index (χ3v) is 16.7. The minimum atomic E-state index is -4.94. The number of hydrogen-bond donors (Lipinski definition) is 3. The average Bonchev–Trinajstić information content (AvgIpc) is 3.48. The van der Waals surface area contributed by atoms with Crippen LogP contribution >= 0.6 is 15.6 Å². The van der Waals surface area contributed by atoms with E-state index >= 15 is 0 Å². The summed E-state index contributed by atoms with van der Waals surface area (Å²) < 4.78 is 67.7. The van der Waals surface area contributed by atoms with E-state index in [0.29, 0.717) is 25.7 Å². The van der Waals surface area contributed by atoms with E-state index < -0.39 is 97.5 Å². The van der Waals surface area contributed by atoms with Gasteiger partial charge in [0, 0.05) is 25.7 Å². The third-order valence-electron chi connectivity index (χ3n) is 14.8. The Bertz CT molecular complexity index is 1620. The number of esters is 4. The predicted octanol–water partition coefficient (Wildman–Crippen LogP) is 17.8. The lowest BCUT2D eigenvalue weighted by atomic mass is 10.0. The van der Waals surface area contributed by atoms with Crippen molar-refractivity contribution in [1.29, 1.82) is 0 Å². The van der Waals surface area contributed by atoms with Crippen LogP contribution in [0, 0.1) is 5.92 Å². The highest BCUT2D eigenvalue weighted by Gasteiger charge is 2.30. The monoisotopic (exact) mass is 1230 g/mol. The maximum atomic E-state index is 13.0. The molecule has 492 valence electrons. The zero-order chi connectivity index (χ0) is 61.3. The fourth-order valence-corrected chi connectivity index (χ4v) is 11.2. The number of aliphatic hydroxyl groups excluding tert-OH is 1. The molecule has 0 spiro atoms. The van der Waals surface area contributed by atoms with Gasteiger partial charge in [-0.1, -0.05) is 272 Å². The number of ether oxygens (including phenoxy) is 4. The molecule has 0 aromatic rings. The molecule has 0 heterocycles. The molecule has 0 aliphatic rings. The van der Waals surface area contributed by atoms with Gasteiger partial charge in [0.2, 0.25) is 0 Å². The molecule has 0 aliphatic carbocycles. The molecule has 0 saturated carbocycles. The second-order valence-corrected chi connectivity index (χ2v) is 26.5. The zero-order valence-corrected chi connectivity index (χ0v) is 55.1. The van der Waals surface area contributed by atoms with Crippen molar-refractivity contribution in [2.24, 2.45) is 5.92 Å². The number of carbonyl (C=O) groups is 4. The van der Waals surface area contributed by atoms with Crippen molar-refractivity contribution in [3.8, 4) is 0 Å². The molecule has 0 bridgehead atoms. The molecular weight excluding hydrogens is 1100 g/mol. The molecule has 0 aromatic carbocycles. The third kappa shape index (κ3) is 58.8. The molecule has 0 radical (unpaired) electrons. The molecule has 0 aromatic heterocycles. The van der Waals surface area contributed by atoms with Crippen molar-refractivity contribution >= 4 is 39.5 Å². The molecule has 0 fully saturated rings. The summed E-state index contributed by atoms with van der Waals surface area (Å²) in [5, 5.41) is 10.5. The second kappa shape index (κ2) is 57.8. The van der Waals surface area contributed by atoms with Crippen molar-refractivity contribution in [3.63, 3.8) is 0 Å². The van der Waals surface area contributed by atoms with Gasteiger partial charge in [0.15, 0.2) is 12.2 Å². The molecule has 19 heteroatoms. The molecule has 0 amide bonds. The summed E-state index contributed by atoms with van der Waals surface area (Å²) in [4.78, 5) is 71.9. The summed E-state index contributed by atoms with van der Waals surface area (Å²) in [6.07, 6.45) is 42.1. The van der Waals surface area contributed by atoms with E-state index in [4.69, 9.17) is 37.0 Å². The normalized spacial score (nSPS) is 14.2. The zero-order valence-electron chi connectivity index (χ0n) is 53.3. The van der Waals surface area contributed by atoms with Crippen molar-refractivity contribution in [1.82, 2.24) is 0 Å². The first kappa shape index (κ1) is 81.1. The first-order valence-electron chi connectivity index (χ1n) is 33.6. The lowest BCUT2D eigenvalue weighted by Gasteiger charge is -2.21. The number of unbranched alkanes of at least 4 members (excludes halogenated alkanes) is 36. The molecule has 0 aliphatic heterocycles. The molecule has 3 N–H and O–H groups in total. The van der Waals surface area contributed by atoms with Gasteiger partial charge in [-0.25, -0.2) is 9.13 Å².